The third-order valence-corrected chi connectivity index (χ3v) is 7.10. The standard InChI is InChI=1S/C24H34N6OS/c1-17(2)30-23-20(16-26-30)19(15-21(27-23)22-8-7-18(3)32-22)24(31)25-9-5-6-10-29-13-11-28(4)12-14-29/h7-8,15-17H,5-6,9-14H2,1-4H3,(H,25,31). The molecule has 1 saturated heterocycles. The lowest BCUT2D eigenvalue weighted by atomic mass is 10.1. The van der Waals surface area contributed by atoms with Crippen molar-refractivity contribution in [1.29, 1.82) is 0 Å². The molecule has 32 heavy (non-hydrogen) atoms. The summed E-state index contributed by atoms with van der Waals surface area (Å²) in [5, 5.41) is 8.46. The van der Waals surface area contributed by atoms with Crippen molar-refractivity contribution in [2.45, 2.75) is 39.7 Å². The number of carbonyl (C=O) groups is 1. The van der Waals surface area contributed by atoms with E-state index in [4.69, 9.17) is 4.98 Å². The van der Waals surface area contributed by atoms with Gasteiger partial charge in [-0.2, -0.15) is 5.10 Å². The van der Waals surface area contributed by atoms with Gasteiger partial charge in [0.1, 0.15) is 0 Å². The van der Waals surface area contributed by atoms with Crippen LogP contribution in [0.1, 0.15) is 48.0 Å². The van der Waals surface area contributed by atoms with Gasteiger partial charge >= 0.3 is 0 Å². The molecule has 1 amide bonds. The third-order valence-electron chi connectivity index (χ3n) is 6.08. The lowest BCUT2D eigenvalue weighted by molar-refractivity contribution is 0.0953. The highest BCUT2D eigenvalue weighted by atomic mass is 32.1. The van der Waals surface area contributed by atoms with Crippen molar-refractivity contribution in [2.24, 2.45) is 0 Å². The van der Waals surface area contributed by atoms with Crippen LogP contribution in [-0.2, 0) is 0 Å². The maximum Gasteiger partial charge on any atom is 0.252 e. The topological polar surface area (TPSA) is 66.3 Å². The zero-order valence-electron chi connectivity index (χ0n) is 19.6. The molecule has 0 unspecified atom stereocenters. The molecular weight excluding hydrogens is 420 g/mol. The van der Waals surface area contributed by atoms with Gasteiger partial charge in [-0.1, -0.05) is 0 Å². The predicted molar refractivity (Wildman–Crippen MR) is 131 cm³/mol. The fourth-order valence-corrected chi connectivity index (χ4v) is 4.94. The Hall–Kier alpha value is -2.29. The van der Waals surface area contributed by atoms with E-state index in [1.807, 2.05) is 10.7 Å². The summed E-state index contributed by atoms with van der Waals surface area (Å²) < 4.78 is 1.89. The number of nitrogens with one attached hydrogen (secondary N) is 1. The molecule has 0 aromatic carbocycles. The van der Waals surface area contributed by atoms with Crippen LogP contribution in [0.15, 0.2) is 24.4 Å². The highest BCUT2D eigenvalue weighted by molar-refractivity contribution is 7.15. The third kappa shape index (κ3) is 5.19. The normalized spacial score (nSPS) is 15.7. The Bertz CT molecular complexity index is 1060. The van der Waals surface area contributed by atoms with E-state index < -0.39 is 0 Å². The van der Waals surface area contributed by atoms with E-state index in [0.29, 0.717) is 12.1 Å². The number of nitrogens with zero attached hydrogens (tertiary/aromatic N) is 5. The monoisotopic (exact) mass is 454 g/mol. The summed E-state index contributed by atoms with van der Waals surface area (Å²) in [6, 6.07) is 6.25. The number of fused-ring (bicyclic) bond motifs is 1. The highest BCUT2D eigenvalue weighted by Crippen LogP contribution is 2.30. The quantitative estimate of drug-likeness (QED) is 0.525. The average Bonchev–Trinajstić information content (AvgIpc) is 3.40. The first-order valence-corrected chi connectivity index (χ1v) is 12.4. The Morgan fingerprint density at radius 2 is 1.97 bits per heavy atom. The van der Waals surface area contributed by atoms with E-state index in [1.165, 1.54) is 4.88 Å². The molecule has 172 valence electrons. The number of piperazine rings is 1. The molecule has 1 fully saturated rings. The Balaban J connectivity index is 1.44. The summed E-state index contributed by atoms with van der Waals surface area (Å²) >= 11 is 1.69. The molecule has 7 nitrogen and oxygen atoms in total. The maximum atomic E-state index is 13.1. The average molecular weight is 455 g/mol. The number of thiophene rings is 1. The molecule has 3 aromatic rings. The Kier molecular flexibility index (Phi) is 7.23. The largest absolute Gasteiger partial charge is 0.352 e. The number of unbranched alkanes of at least 4 members (excludes halogenated alkanes) is 1. The minimum absolute atomic E-state index is 0.0465. The molecule has 0 spiro atoms. The van der Waals surface area contributed by atoms with Crippen molar-refractivity contribution < 1.29 is 4.79 Å². The summed E-state index contributed by atoms with van der Waals surface area (Å²) in [4.78, 5) is 25.2. The molecule has 4 heterocycles. The summed E-state index contributed by atoms with van der Waals surface area (Å²) in [7, 11) is 2.18. The number of rotatable bonds is 8. The van der Waals surface area contributed by atoms with Crippen molar-refractivity contribution in [3.05, 3.63) is 34.8 Å². The maximum absolute atomic E-state index is 13.1. The number of aryl methyl sites for hydroxylation is 1. The van der Waals surface area contributed by atoms with E-state index in [2.05, 4.69) is 60.2 Å². The molecule has 4 rings (SSSR count). The summed E-state index contributed by atoms with van der Waals surface area (Å²) in [6.45, 7) is 12.6. The summed E-state index contributed by atoms with van der Waals surface area (Å²) in [5.74, 6) is -0.0465. The number of hydrogen-bond acceptors (Lipinski definition) is 6. The number of aromatic nitrogens is 3. The van der Waals surface area contributed by atoms with Crippen molar-refractivity contribution >= 4 is 28.3 Å². The predicted octanol–water partition coefficient (Wildman–Crippen LogP) is 3.81. The SMILES string of the molecule is Cc1ccc(-c2cc(C(=O)NCCCCN3CCN(C)CC3)c3cnn(C(C)C)c3n2)s1. The van der Waals surface area contributed by atoms with E-state index in [1.54, 1.807) is 17.5 Å². The van der Waals surface area contributed by atoms with Gasteiger partial charge in [0, 0.05) is 43.6 Å². The minimum atomic E-state index is -0.0465. The lowest BCUT2D eigenvalue weighted by Gasteiger charge is -2.32. The van der Waals surface area contributed by atoms with Gasteiger partial charge in [-0.3, -0.25) is 4.79 Å². The van der Waals surface area contributed by atoms with Crippen LogP contribution in [0.2, 0.25) is 0 Å². The van der Waals surface area contributed by atoms with Gasteiger partial charge in [0.2, 0.25) is 0 Å². The second-order valence-electron chi connectivity index (χ2n) is 8.99. The van der Waals surface area contributed by atoms with E-state index in [9.17, 15) is 4.79 Å². The molecule has 1 N–H and O–H groups in total. The molecule has 8 heteroatoms. The number of amides is 1. The van der Waals surface area contributed by atoms with Gasteiger partial charge in [-0.05, 0) is 65.4 Å². The number of carbonyl (C=O) groups excluding carboxylic acids is 1. The first kappa shape index (κ1) is 22.9. The smallest absolute Gasteiger partial charge is 0.252 e. The minimum Gasteiger partial charge on any atom is -0.352 e. The van der Waals surface area contributed by atoms with Crippen LogP contribution in [0, 0.1) is 6.92 Å². The second-order valence-corrected chi connectivity index (χ2v) is 10.3. The lowest BCUT2D eigenvalue weighted by Crippen LogP contribution is -2.44. The van der Waals surface area contributed by atoms with Gasteiger partial charge in [-0.15, -0.1) is 11.3 Å². The van der Waals surface area contributed by atoms with Crippen LogP contribution in [0.4, 0.5) is 0 Å². The number of likely N-dealkylation sites (N-methyl/N-ethyl adjacent to an activating group) is 1. The van der Waals surface area contributed by atoms with Gasteiger partial charge in [-0.25, -0.2) is 9.67 Å². The zero-order chi connectivity index (χ0) is 22.7. The van der Waals surface area contributed by atoms with Crippen molar-refractivity contribution in [3.8, 4) is 10.6 Å². The molecule has 1 aliphatic rings. The van der Waals surface area contributed by atoms with Crippen LogP contribution >= 0.6 is 11.3 Å². The van der Waals surface area contributed by atoms with Crippen molar-refractivity contribution in [2.75, 3.05) is 46.3 Å². The first-order valence-electron chi connectivity index (χ1n) is 11.6. The Labute approximate surface area is 194 Å². The summed E-state index contributed by atoms with van der Waals surface area (Å²) in [6.07, 6.45) is 3.85. The van der Waals surface area contributed by atoms with E-state index in [0.717, 1.165) is 67.2 Å². The zero-order valence-corrected chi connectivity index (χ0v) is 20.4. The molecule has 0 bridgehead atoms. The van der Waals surface area contributed by atoms with Crippen LogP contribution in [0.25, 0.3) is 21.6 Å². The van der Waals surface area contributed by atoms with Gasteiger partial charge in [0.05, 0.1) is 27.7 Å². The van der Waals surface area contributed by atoms with Gasteiger partial charge in [0.15, 0.2) is 5.65 Å². The molecular formula is C24H34N6OS. The van der Waals surface area contributed by atoms with Crippen LogP contribution < -0.4 is 5.32 Å². The molecule has 0 saturated carbocycles. The molecule has 3 aromatic heterocycles. The van der Waals surface area contributed by atoms with Crippen molar-refractivity contribution in [1.82, 2.24) is 29.9 Å². The van der Waals surface area contributed by atoms with Crippen LogP contribution in [0.5, 0.6) is 0 Å². The fourth-order valence-electron chi connectivity index (χ4n) is 4.11. The van der Waals surface area contributed by atoms with Crippen molar-refractivity contribution in [3.63, 3.8) is 0 Å². The van der Waals surface area contributed by atoms with Crippen LogP contribution in [-0.4, -0.2) is 76.8 Å². The molecule has 0 radical (unpaired) electrons. The Morgan fingerprint density at radius 1 is 1.19 bits per heavy atom. The summed E-state index contributed by atoms with van der Waals surface area (Å²) in [5.41, 5.74) is 2.25. The first-order chi connectivity index (χ1) is 15.4. The van der Waals surface area contributed by atoms with Crippen LogP contribution in [0.3, 0.4) is 0 Å². The second kappa shape index (κ2) is 10.1. The molecule has 0 aliphatic carbocycles. The number of hydrogen-bond donors (Lipinski definition) is 1. The van der Waals surface area contributed by atoms with E-state index in [-0.39, 0.29) is 11.9 Å². The van der Waals surface area contributed by atoms with Gasteiger partial charge < -0.3 is 15.1 Å². The van der Waals surface area contributed by atoms with E-state index >= 15 is 0 Å². The number of pyridine rings is 1. The molecule has 1 aliphatic heterocycles. The highest BCUT2D eigenvalue weighted by Gasteiger charge is 2.19. The fraction of sp³-hybridized carbons (Fsp3) is 0.542. The molecule has 0 atom stereocenters. The Morgan fingerprint density at radius 3 is 2.66 bits per heavy atom. The van der Waals surface area contributed by atoms with Gasteiger partial charge in [0.25, 0.3) is 5.91 Å².